The lowest BCUT2D eigenvalue weighted by Gasteiger charge is -2.29. The summed E-state index contributed by atoms with van der Waals surface area (Å²) in [6, 6.07) is 13.6. The van der Waals surface area contributed by atoms with Crippen LogP contribution < -0.4 is 10.1 Å². The van der Waals surface area contributed by atoms with Crippen molar-refractivity contribution < 1.29 is 22.7 Å². The SMILES string of the molecule is CCCCNC(=O)C(C)N(Cc1ccc(OC)cc1)C(=O)CCc1ccc(S(=O)(=O)N2CCCC2)cc1. The fraction of sp³-hybridized carbons (Fsp3) is 0.500. The molecule has 37 heavy (non-hydrogen) atoms. The molecule has 2 aromatic carbocycles. The Bertz CT molecular complexity index is 1130. The summed E-state index contributed by atoms with van der Waals surface area (Å²) in [5, 5.41) is 2.93. The number of benzene rings is 2. The Balaban J connectivity index is 1.68. The van der Waals surface area contributed by atoms with Crippen LogP contribution in [0.5, 0.6) is 5.75 Å². The van der Waals surface area contributed by atoms with E-state index in [-0.39, 0.29) is 23.1 Å². The summed E-state index contributed by atoms with van der Waals surface area (Å²) in [6.45, 7) is 5.82. The number of hydrogen-bond acceptors (Lipinski definition) is 5. The van der Waals surface area contributed by atoms with E-state index in [2.05, 4.69) is 12.2 Å². The number of hydrogen-bond donors (Lipinski definition) is 1. The number of carbonyl (C=O) groups is 2. The van der Waals surface area contributed by atoms with Gasteiger partial charge in [0.25, 0.3) is 0 Å². The Morgan fingerprint density at radius 3 is 2.24 bits per heavy atom. The monoisotopic (exact) mass is 529 g/mol. The van der Waals surface area contributed by atoms with Crippen molar-refractivity contribution in [3.8, 4) is 5.75 Å². The molecule has 1 saturated heterocycles. The number of rotatable bonds is 13. The maximum absolute atomic E-state index is 13.3. The van der Waals surface area contributed by atoms with E-state index in [1.807, 2.05) is 24.3 Å². The molecule has 1 N–H and O–H groups in total. The molecule has 1 atom stereocenters. The largest absolute Gasteiger partial charge is 0.497 e. The first-order valence-electron chi connectivity index (χ1n) is 13.1. The van der Waals surface area contributed by atoms with Crippen LogP contribution in [0.2, 0.25) is 0 Å². The van der Waals surface area contributed by atoms with Crippen LogP contribution in [-0.2, 0) is 32.6 Å². The minimum absolute atomic E-state index is 0.136. The van der Waals surface area contributed by atoms with Gasteiger partial charge in [-0.05, 0) is 68.0 Å². The molecule has 0 spiro atoms. The first-order chi connectivity index (χ1) is 17.8. The Labute approximate surface area is 221 Å². The van der Waals surface area contributed by atoms with Crippen LogP contribution in [0.15, 0.2) is 53.4 Å². The van der Waals surface area contributed by atoms with Gasteiger partial charge in [-0.2, -0.15) is 4.31 Å². The van der Waals surface area contributed by atoms with Crippen LogP contribution in [0.1, 0.15) is 57.1 Å². The molecule has 0 aliphatic carbocycles. The van der Waals surface area contributed by atoms with Crippen molar-refractivity contribution in [1.82, 2.24) is 14.5 Å². The molecule has 0 saturated carbocycles. The van der Waals surface area contributed by atoms with Gasteiger partial charge >= 0.3 is 0 Å². The minimum Gasteiger partial charge on any atom is -0.497 e. The number of methoxy groups -OCH3 is 1. The summed E-state index contributed by atoms with van der Waals surface area (Å²) in [6.07, 6.45) is 4.30. The molecule has 8 nitrogen and oxygen atoms in total. The molecule has 1 aliphatic rings. The number of amides is 2. The van der Waals surface area contributed by atoms with Crippen molar-refractivity contribution in [3.05, 3.63) is 59.7 Å². The molecule has 9 heteroatoms. The molecule has 202 valence electrons. The van der Waals surface area contributed by atoms with Gasteiger partial charge in [0, 0.05) is 32.6 Å². The third kappa shape index (κ3) is 7.79. The number of nitrogens with one attached hydrogen (secondary N) is 1. The fourth-order valence-corrected chi connectivity index (χ4v) is 5.86. The molecule has 1 aliphatic heterocycles. The molecule has 2 amide bonds. The Kier molecular flexibility index (Phi) is 10.5. The van der Waals surface area contributed by atoms with E-state index >= 15 is 0 Å². The summed E-state index contributed by atoms with van der Waals surface area (Å²) in [5.41, 5.74) is 1.78. The Morgan fingerprint density at radius 1 is 1.03 bits per heavy atom. The lowest BCUT2D eigenvalue weighted by atomic mass is 10.1. The van der Waals surface area contributed by atoms with Crippen molar-refractivity contribution in [2.75, 3.05) is 26.7 Å². The topological polar surface area (TPSA) is 96.0 Å². The van der Waals surface area contributed by atoms with Crippen LogP contribution in [0.4, 0.5) is 0 Å². The van der Waals surface area contributed by atoms with E-state index < -0.39 is 16.1 Å². The third-order valence-electron chi connectivity index (χ3n) is 6.76. The first kappa shape index (κ1) is 28.7. The molecule has 1 unspecified atom stereocenters. The van der Waals surface area contributed by atoms with Gasteiger partial charge < -0.3 is 15.0 Å². The van der Waals surface area contributed by atoms with E-state index in [0.717, 1.165) is 42.6 Å². The number of sulfonamides is 1. The second-order valence-corrected chi connectivity index (χ2v) is 11.4. The van der Waals surface area contributed by atoms with E-state index in [1.165, 1.54) is 4.31 Å². The predicted octanol–water partition coefficient (Wildman–Crippen LogP) is 3.75. The number of ether oxygens (including phenoxy) is 1. The summed E-state index contributed by atoms with van der Waals surface area (Å²) >= 11 is 0. The van der Waals surface area contributed by atoms with Gasteiger partial charge in [0.15, 0.2) is 0 Å². The van der Waals surface area contributed by atoms with Crippen molar-refractivity contribution in [1.29, 1.82) is 0 Å². The van der Waals surface area contributed by atoms with Gasteiger partial charge in [-0.25, -0.2) is 8.42 Å². The summed E-state index contributed by atoms with van der Waals surface area (Å²) in [5.74, 6) is 0.414. The van der Waals surface area contributed by atoms with Crippen LogP contribution in [0.25, 0.3) is 0 Å². The highest BCUT2D eigenvalue weighted by molar-refractivity contribution is 7.89. The van der Waals surface area contributed by atoms with Crippen molar-refractivity contribution >= 4 is 21.8 Å². The zero-order chi connectivity index (χ0) is 26.8. The van der Waals surface area contributed by atoms with Crippen LogP contribution in [0.3, 0.4) is 0 Å². The average Bonchev–Trinajstić information content (AvgIpc) is 3.47. The smallest absolute Gasteiger partial charge is 0.243 e. The second kappa shape index (κ2) is 13.6. The van der Waals surface area contributed by atoms with Crippen molar-refractivity contribution in [2.24, 2.45) is 0 Å². The number of carbonyl (C=O) groups excluding carboxylic acids is 2. The van der Waals surface area contributed by atoms with E-state index in [9.17, 15) is 18.0 Å². The molecule has 2 aromatic rings. The second-order valence-electron chi connectivity index (χ2n) is 9.45. The molecule has 0 bridgehead atoms. The maximum Gasteiger partial charge on any atom is 0.243 e. The van der Waals surface area contributed by atoms with Crippen LogP contribution in [0, 0.1) is 0 Å². The number of aryl methyl sites for hydroxylation is 1. The van der Waals surface area contributed by atoms with Crippen LogP contribution in [-0.4, -0.2) is 62.2 Å². The van der Waals surface area contributed by atoms with Gasteiger partial charge in [-0.3, -0.25) is 9.59 Å². The van der Waals surface area contributed by atoms with E-state index in [0.29, 0.717) is 32.6 Å². The molecule has 3 rings (SSSR count). The highest BCUT2D eigenvalue weighted by atomic mass is 32.2. The molecular weight excluding hydrogens is 490 g/mol. The highest BCUT2D eigenvalue weighted by Crippen LogP contribution is 2.22. The number of nitrogens with zero attached hydrogens (tertiary/aromatic N) is 2. The zero-order valence-corrected chi connectivity index (χ0v) is 22.9. The predicted molar refractivity (Wildman–Crippen MR) is 144 cm³/mol. The quantitative estimate of drug-likeness (QED) is 0.399. The van der Waals surface area contributed by atoms with Gasteiger partial charge in [-0.1, -0.05) is 37.6 Å². The Morgan fingerprint density at radius 2 is 1.65 bits per heavy atom. The minimum atomic E-state index is -3.47. The highest BCUT2D eigenvalue weighted by Gasteiger charge is 2.28. The van der Waals surface area contributed by atoms with E-state index in [4.69, 9.17) is 4.74 Å². The standard InChI is InChI=1S/C28H39N3O5S/c1-4-5-18-29-28(33)22(2)31(21-24-8-13-25(36-3)14-9-24)27(32)17-12-23-10-15-26(16-11-23)37(34,35)30-19-6-7-20-30/h8-11,13-16,22H,4-7,12,17-21H2,1-3H3,(H,29,33). The van der Waals surface area contributed by atoms with Crippen LogP contribution >= 0.6 is 0 Å². The Hall–Kier alpha value is -2.91. The summed E-state index contributed by atoms with van der Waals surface area (Å²) in [4.78, 5) is 28.0. The van der Waals surface area contributed by atoms with Gasteiger partial charge in [0.05, 0.1) is 12.0 Å². The third-order valence-corrected chi connectivity index (χ3v) is 8.68. The summed E-state index contributed by atoms with van der Waals surface area (Å²) < 4.78 is 32.3. The molecule has 0 aromatic heterocycles. The molecular formula is C28H39N3O5S. The average molecular weight is 530 g/mol. The fourth-order valence-electron chi connectivity index (χ4n) is 4.35. The zero-order valence-electron chi connectivity index (χ0n) is 22.1. The number of unbranched alkanes of at least 4 members (excludes halogenated alkanes) is 1. The van der Waals surface area contributed by atoms with Crippen molar-refractivity contribution in [2.45, 2.75) is 69.9 Å². The molecule has 1 fully saturated rings. The molecule has 0 radical (unpaired) electrons. The van der Waals surface area contributed by atoms with Gasteiger partial charge in [-0.15, -0.1) is 0 Å². The lowest BCUT2D eigenvalue weighted by Crippen LogP contribution is -2.47. The molecule has 1 heterocycles. The normalized spacial score (nSPS) is 14.8. The lowest BCUT2D eigenvalue weighted by molar-refractivity contribution is -0.140. The maximum atomic E-state index is 13.3. The van der Waals surface area contributed by atoms with Gasteiger partial charge in [0.1, 0.15) is 11.8 Å². The first-order valence-corrected chi connectivity index (χ1v) is 14.5. The van der Waals surface area contributed by atoms with Gasteiger partial charge in [0.2, 0.25) is 21.8 Å². The van der Waals surface area contributed by atoms with E-state index in [1.54, 1.807) is 43.2 Å². The summed E-state index contributed by atoms with van der Waals surface area (Å²) in [7, 11) is -1.87. The van der Waals surface area contributed by atoms with Crippen molar-refractivity contribution in [3.63, 3.8) is 0 Å².